The highest BCUT2D eigenvalue weighted by Gasteiger charge is 2.36. The summed E-state index contributed by atoms with van der Waals surface area (Å²) >= 11 is 0. The van der Waals surface area contributed by atoms with Gasteiger partial charge in [-0.3, -0.25) is 4.99 Å². The van der Waals surface area contributed by atoms with Crippen molar-refractivity contribution in [3.05, 3.63) is 0 Å². The van der Waals surface area contributed by atoms with E-state index in [0.717, 1.165) is 36.8 Å². The third kappa shape index (κ3) is 3.80. The fraction of sp³-hybridized carbons (Fsp3) is 0.938. The van der Waals surface area contributed by atoms with E-state index in [4.69, 9.17) is 4.99 Å². The van der Waals surface area contributed by atoms with E-state index in [1.54, 1.807) is 0 Å². The molecule has 4 atom stereocenters. The SMILES string of the molecule is CCNC(=NCC1CC1C)N1CC2CCCCC2C1.I. The maximum absolute atomic E-state index is 4.90. The highest BCUT2D eigenvalue weighted by atomic mass is 127. The van der Waals surface area contributed by atoms with Crippen molar-refractivity contribution in [3.63, 3.8) is 0 Å². The van der Waals surface area contributed by atoms with Crippen LogP contribution in [0.2, 0.25) is 0 Å². The molecule has 3 fully saturated rings. The zero-order valence-corrected chi connectivity index (χ0v) is 15.3. The van der Waals surface area contributed by atoms with E-state index in [0.29, 0.717) is 0 Å². The number of guanidine groups is 1. The summed E-state index contributed by atoms with van der Waals surface area (Å²) in [5.41, 5.74) is 0. The van der Waals surface area contributed by atoms with Crippen molar-refractivity contribution in [3.8, 4) is 0 Å². The van der Waals surface area contributed by atoms with Crippen LogP contribution in [0.1, 0.15) is 46.0 Å². The molecule has 0 aromatic rings. The zero-order chi connectivity index (χ0) is 13.2. The lowest BCUT2D eigenvalue weighted by Gasteiger charge is -2.22. The molecule has 1 saturated heterocycles. The summed E-state index contributed by atoms with van der Waals surface area (Å²) in [5.74, 6) is 4.84. The van der Waals surface area contributed by atoms with E-state index in [-0.39, 0.29) is 24.0 Å². The second kappa shape index (κ2) is 7.32. The van der Waals surface area contributed by atoms with Crippen molar-refractivity contribution >= 4 is 29.9 Å². The van der Waals surface area contributed by atoms with E-state index in [1.165, 1.54) is 51.2 Å². The quantitative estimate of drug-likeness (QED) is 0.454. The maximum Gasteiger partial charge on any atom is 0.193 e. The van der Waals surface area contributed by atoms with Gasteiger partial charge in [0.1, 0.15) is 0 Å². The van der Waals surface area contributed by atoms with Crippen LogP contribution in [-0.4, -0.2) is 37.0 Å². The van der Waals surface area contributed by atoms with Crippen LogP contribution in [0.3, 0.4) is 0 Å². The Morgan fingerprint density at radius 2 is 1.80 bits per heavy atom. The number of hydrogen-bond donors (Lipinski definition) is 1. The molecule has 20 heavy (non-hydrogen) atoms. The molecular weight excluding hydrogens is 361 g/mol. The normalized spacial score (nSPS) is 36.3. The molecule has 0 aromatic heterocycles. The number of nitrogens with one attached hydrogen (secondary N) is 1. The van der Waals surface area contributed by atoms with Crippen LogP contribution in [0.15, 0.2) is 4.99 Å². The van der Waals surface area contributed by atoms with Crippen molar-refractivity contribution in [2.24, 2.45) is 28.7 Å². The molecule has 0 bridgehead atoms. The Kier molecular flexibility index (Phi) is 5.99. The second-order valence-electron chi connectivity index (χ2n) is 6.88. The maximum atomic E-state index is 4.90. The number of likely N-dealkylation sites (tertiary alicyclic amines) is 1. The first kappa shape index (κ1) is 16.4. The summed E-state index contributed by atoms with van der Waals surface area (Å²) in [7, 11) is 0. The number of halogens is 1. The third-order valence-corrected chi connectivity index (χ3v) is 5.36. The number of aliphatic imine (C=N–C) groups is 1. The summed E-state index contributed by atoms with van der Waals surface area (Å²) in [6.07, 6.45) is 7.17. The molecule has 2 aliphatic carbocycles. The minimum atomic E-state index is 0. The van der Waals surface area contributed by atoms with Gasteiger partial charge in [0.2, 0.25) is 0 Å². The number of nitrogens with zero attached hydrogens (tertiary/aromatic N) is 2. The van der Waals surface area contributed by atoms with Crippen LogP contribution in [0.4, 0.5) is 0 Å². The Morgan fingerprint density at radius 3 is 2.30 bits per heavy atom. The predicted molar refractivity (Wildman–Crippen MR) is 95.7 cm³/mol. The molecule has 0 radical (unpaired) electrons. The molecule has 4 heteroatoms. The van der Waals surface area contributed by atoms with Crippen molar-refractivity contribution in [1.29, 1.82) is 0 Å². The molecule has 4 unspecified atom stereocenters. The van der Waals surface area contributed by atoms with Gasteiger partial charge in [-0.1, -0.05) is 19.8 Å². The van der Waals surface area contributed by atoms with Crippen molar-refractivity contribution in [2.45, 2.75) is 46.0 Å². The Hall–Kier alpha value is 0. The molecule has 0 amide bonds. The Morgan fingerprint density at radius 1 is 1.20 bits per heavy atom. The molecular formula is C16H30IN3. The van der Waals surface area contributed by atoms with Gasteiger partial charge in [0.15, 0.2) is 5.96 Å². The standard InChI is InChI=1S/C16H29N3.HI/c1-3-17-16(18-9-15-8-12(15)2)19-10-13-6-4-5-7-14(13)11-19;/h12-15H,3-11H2,1-2H3,(H,17,18);1H. The summed E-state index contributed by atoms with van der Waals surface area (Å²) in [4.78, 5) is 7.44. The summed E-state index contributed by atoms with van der Waals surface area (Å²) in [6.45, 7) is 9.05. The van der Waals surface area contributed by atoms with Crippen LogP contribution in [0.25, 0.3) is 0 Å². The van der Waals surface area contributed by atoms with Gasteiger partial charge < -0.3 is 10.2 Å². The first-order chi connectivity index (χ1) is 9.28. The Bertz CT molecular complexity index is 331. The number of fused-ring (bicyclic) bond motifs is 1. The lowest BCUT2D eigenvalue weighted by Crippen LogP contribution is -2.40. The molecule has 3 rings (SSSR count). The van der Waals surface area contributed by atoms with E-state index >= 15 is 0 Å². The van der Waals surface area contributed by atoms with Crippen LogP contribution in [-0.2, 0) is 0 Å². The fourth-order valence-corrected chi connectivity index (χ4v) is 3.86. The summed E-state index contributed by atoms with van der Waals surface area (Å²) < 4.78 is 0. The fourth-order valence-electron chi connectivity index (χ4n) is 3.86. The minimum absolute atomic E-state index is 0. The minimum Gasteiger partial charge on any atom is -0.357 e. The highest BCUT2D eigenvalue weighted by molar-refractivity contribution is 14.0. The monoisotopic (exact) mass is 391 g/mol. The molecule has 3 aliphatic rings. The average molecular weight is 391 g/mol. The van der Waals surface area contributed by atoms with E-state index in [2.05, 4.69) is 24.1 Å². The molecule has 116 valence electrons. The van der Waals surface area contributed by atoms with Crippen molar-refractivity contribution in [2.75, 3.05) is 26.2 Å². The van der Waals surface area contributed by atoms with Crippen molar-refractivity contribution < 1.29 is 0 Å². The van der Waals surface area contributed by atoms with Crippen LogP contribution >= 0.6 is 24.0 Å². The molecule has 1 aliphatic heterocycles. The lowest BCUT2D eigenvalue weighted by molar-refractivity contribution is 0.299. The summed E-state index contributed by atoms with van der Waals surface area (Å²) in [6, 6.07) is 0. The summed E-state index contributed by atoms with van der Waals surface area (Å²) in [5, 5.41) is 3.51. The van der Waals surface area contributed by atoms with Gasteiger partial charge >= 0.3 is 0 Å². The van der Waals surface area contributed by atoms with Gasteiger partial charge in [-0.2, -0.15) is 0 Å². The van der Waals surface area contributed by atoms with Crippen LogP contribution < -0.4 is 5.32 Å². The Balaban J connectivity index is 0.00000147. The first-order valence-corrected chi connectivity index (χ1v) is 8.31. The first-order valence-electron chi connectivity index (χ1n) is 8.31. The number of hydrogen-bond acceptors (Lipinski definition) is 1. The predicted octanol–water partition coefficient (Wildman–Crippen LogP) is 3.35. The van der Waals surface area contributed by atoms with Gasteiger partial charge in [0.05, 0.1) is 0 Å². The van der Waals surface area contributed by atoms with Gasteiger partial charge in [0, 0.05) is 26.2 Å². The van der Waals surface area contributed by atoms with Gasteiger partial charge in [-0.15, -0.1) is 24.0 Å². The topological polar surface area (TPSA) is 27.6 Å². The molecule has 0 aromatic carbocycles. The van der Waals surface area contributed by atoms with Crippen LogP contribution in [0, 0.1) is 23.7 Å². The number of rotatable bonds is 3. The second-order valence-corrected chi connectivity index (χ2v) is 6.88. The zero-order valence-electron chi connectivity index (χ0n) is 13.0. The van der Waals surface area contributed by atoms with Crippen molar-refractivity contribution in [1.82, 2.24) is 10.2 Å². The molecule has 1 N–H and O–H groups in total. The Labute approximate surface area is 141 Å². The highest BCUT2D eigenvalue weighted by Crippen LogP contribution is 2.38. The average Bonchev–Trinajstić information content (AvgIpc) is 2.96. The molecule has 1 heterocycles. The van der Waals surface area contributed by atoms with Gasteiger partial charge in [-0.05, 0) is 49.9 Å². The largest absolute Gasteiger partial charge is 0.357 e. The molecule has 3 nitrogen and oxygen atoms in total. The van der Waals surface area contributed by atoms with E-state index in [1.807, 2.05) is 0 Å². The van der Waals surface area contributed by atoms with E-state index < -0.39 is 0 Å². The van der Waals surface area contributed by atoms with Gasteiger partial charge in [0.25, 0.3) is 0 Å². The smallest absolute Gasteiger partial charge is 0.193 e. The lowest BCUT2D eigenvalue weighted by atomic mass is 9.82. The van der Waals surface area contributed by atoms with E-state index in [9.17, 15) is 0 Å². The van der Waals surface area contributed by atoms with Crippen LogP contribution in [0.5, 0.6) is 0 Å². The third-order valence-electron chi connectivity index (χ3n) is 5.36. The van der Waals surface area contributed by atoms with Gasteiger partial charge in [-0.25, -0.2) is 0 Å². The molecule has 0 spiro atoms. The molecule has 2 saturated carbocycles.